The van der Waals surface area contributed by atoms with Gasteiger partial charge in [0.2, 0.25) is 5.91 Å². The van der Waals surface area contributed by atoms with Crippen molar-refractivity contribution in [2.24, 2.45) is 12.5 Å². The Hall–Kier alpha value is -1.36. The maximum Gasteiger partial charge on any atom is 0.227 e. The van der Waals surface area contributed by atoms with Crippen molar-refractivity contribution in [1.29, 1.82) is 0 Å². The molecule has 2 N–H and O–H groups in total. The van der Waals surface area contributed by atoms with Crippen molar-refractivity contribution in [3.63, 3.8) is 0 Å². The molecule has 0 radical (unpaired) electrons. The van der Waals surface area contributed by atoms with Crippen LogP contribution >= 0.6 is 0 Å². The summed E-state index contributed by atoms with van der Waals surface area (Å²) < 4.78 is 1.76. The number of carbonyl (C=O) groups excluding carboxylic acids is 1. The highest BCUT2D eigenvalue weighted by atomic mass is 16.2. The van der Waals surface area contributed by atoms with Crippen LogP contribution in [0.1, 0.15) is 38.2 Å². The molecule has 0 aliphatic carbocycles. The van der Waals surface area contributed by atoms with E-state index in [1.54, 1.807) is 10.9 Å². The van der Waals surface area contributed by atoms with E-state index >= 15 is 0 Å². The van der Waals surface area contributed by atoms with E-state index in [4.69, 9.17) is 0 Å². The molecule has 106 valence electrons. The van der Waals surface area contributed by atoms with Gasteiger partial charge in [0.1, 0.15) is 0 Å². The van der Waals surface area contributed by atoms with Crippen molar-refractivity contribution in [1.82, 2.24) is 20.4 Å². The number of nitrogens with one attached hydrogen (secondary N) is 2. The van der Waals surface area contributed by atoms with E-state index in [1.807, 2.05) is 13.2 Å². The first-order valence-corrected chi connectivity index (χ1v) is 7.13. The maximum atomic E-state index is 12.5. The molecule has 2 heterocycles. The first-order chi connectivity index (χ1) is 9.16. The van der Waals surface area contributed by atoms with Gasteiger partial charge in [-0.25, -0.2) is 0 Å². The van der Waals surface area contributed by atoms with Crippen LogP contribution in [0.2, 0.25) is 0 Å². The fourth-order valence-electron chi connectivity index (χ4n) is 2.90. The minimum Gasteiger partial charge on any atom is -0.351 e. The fourth-order valence-corrected chi connectivity index (χ4v) is 2.90. The van der Waals surface area contributed by atoms with Crippen molar-refractivity contribution >= 4 is 5.91 Å². The molecule has 1 fully saturated rings. The van der Waals surface area contributed by atoms with Gasteiger partial charge in [0.25, 0.3) is 0 Å². The maximum absolute atomic E-state index is 12.5. The summed E-state index contributed by atoms with van der Waals surface area (Å²) in [5, 5.41) is 10.6. The first-order valence-electron chi connectivity index (χ1n) is 7.13. The van der Waals surface area contributed by atoms with Gasteiger partial charge in [-0.05, 0) is 25.8 Å². The molecule has 1 aromatic heterocycles. The predicted octanol–water partition coefficient (Wildman–Crippen LogP) is 1.21. The van der Waals surface area contributed by atoms with Crippen molar-refractivity contribution in [2.75, 3.05) is 13.1 Å². The van der Waals surface area contributed by atoms with Gasteiger partial charge in [0, 0.05) is 31.9 Å². The SMILES string of the molecule is CCCC1(C(=O)NCc2cnn(C)c2)CCCNC1. The number of hydrogen-bond donors (Lipinski definition) is 2. The number of nitrogens with zero attached hydrogens (tertiary/aromatic N) is 2. The van der Waals surface area contributed by atoms with Gasteiger partial charge in [-0.15, -0.1) is 0 Å². The van der Waals surface area contributed by atoms with Gasteiger partial charge >= 0.3 is 0 Å². The summed E-state index contributed by atoms with van der Waals surface area (Å²) in [4.78, 5) is 12.5. The highest BCUT2D eigenvalue weighted by molar-refractivity contribution is 5.83. The summed E-state index contributed by atoms with van der Waals surface area (Å²) in [5.74, 6) is 0.186. The van der Waals surface area contributed by atoms with E-state index in [2.05, 4.69) is 22.7 Å². The number of carbonyl (C=O) groups is 1. The third-order valence-electron chi connectivity index (χ3n) is 3.89. The summed E-state index contributed by atoms with van der Waals surface area (Å²) in [7, 11) is 1.88. The lowest BCUT2D eigenvalue weighted by molar-refractivity contribution is -0.132. The zero-order valence-electron chi connectivity index (χ0n) is 11.9. The molecule has 1 atom stereocenters. The van der Waals surface area contributed by atoms with Gasteiger partial charge in [-0.2, -0.15) is 5.10 Å². The predicted molar refractivity (Wildman–Crippen MR) is 74.5 cm³/mol. The number of aromatic nitrogens is 2. The van der Waals surface area contributed by atoms with Crippen LogP contribution in [0.3, 0.4) is 0 Å². The molecule has 19 heavy (non-hydrogen) atoms. The molecule has 1 aliphatic heterocycles. The lowest BCUT2D eigenvalue weighted by Crippen LogP contribution is -2.50. The average Bonchev–Trinajstić information content (AvgIpc) is 2.83. The Labute approximate surface area is 114 Å². The smallest absolute Gasteiger partial charge is 0.227 e. The lowest BCUT2D eigenvalue weighted by Gasteiger charge is -2.36. The number of piperidine rings is 1. The van der Waals surface area contributed by atoms with Crippen LogP contribution in [-0.2, 0) is 18.4 Å². The van der Waals surface area contributed by atoms with Gasteiger partial charge in [-0.3, -0.25) is 9.48 Å². The lowest BCUT2D eigenvalue weighted by atomic mass is 9.76. The van der Waals surface area contributed by atoms with E-state index < -0.39 is 0 Å². The second-order valence-electron chi connectivity index (χ2n) is 5.52. The van der Waals surface area contributed by atoms with Crippen LogP contribution in [0.25, 0.3) is 0 Å². The fraction of sp³-hybridized carbons (Fsp3) is 0.714. The van der Waals surface area contributed by atoms with Crippen LogP contribution in [0.15, 0.2) is 12.4 Å². The summed E-state index contributed by atoms with van der Waals surface area (Å²) in [6, 6.07) is 0. The molecule has 1 unspecified atom stereocenters. The van der Waals surface area contributed by atoms with Crippen LogP contribution in [0, 0.1) is 5.41 Å². The highest BCUT2D eigenvalue weighted by Gasteiger charge is 2.38. The Balaban J connectivity index is 1.95. The van der Waals surface area contributed by atoms with Crippen LogP contribution < -0.4 is 10.6 Å². The summed E-state index contributed by atoms with van der Waals surface area (Å²) >= 11 is 0. The zero-order chi connectivity index (χ0) is 13.7. The van der Waals surface area contributed by atoms with Gasteiger partial charge in [0.15, 0.2) is 0 Å². The van der Waals surface area contributed by atoms with Crippen LogP contribution in [0.4, 0.5) is 0 Å². The Morgan fingerprint density at radius 1 is 1.63 bits per heavy atom. The Kier molecular flexibility index (Phi) is 4.58. The third-order valence-corrected chi connectivity index (χ3v) is 3.89. The zero-order valence-corrected chi connectivity index (χ0v) is 11.9. The van der Waals surface area contributed by atoms with Crippen molar-refractivity contribution in [3.8, 4) is 0 Å². The van der Waals surface area contributed by atoms with Crippen molar-refractivity contribution in [2.45, 2.75) is 39.2 Å². The first kappa shape index (κ1) is 14.1. The van der Waals surface area contributed by atoms with Crippen LogP contribution in [0.5, 0.6) is 0 Å². The van der Waals surface area contributed by atoms with Crippen molar-refractivity contribution < 1.29 is 4.79 Å². The quantitative estimate of drug-likeness (QED) is 0.840. The van der Waals surface area contributed by atoms with E-state index in [0.717, 1.165) is 44.3 Å². The molecule has 0 saturated carbocycles. The number of aryl methyl sites for hydroxylation is 1. The molecule has 1 amide bonds. The summed E-state index contributed by atoms with van der Waals surface area (Å²) in [6.07, 6.45) is 7.81. The van der Waals surface area contributed by atoms with E-state index in [-0.39, 0.29) is 11.3 Å². The second-order valence-corrected chi connectivity index (χ2v) is 5.52. The van der Waals surface area contributed by atoms with Crippen molar-refractivity contribution in [3.05, 3.63) is 18.0 Å². The Morgan fingerprint density at radius 2 is 2.47 bits per heavy atom. The topological polar surface area (TPSA) is 59.0 Å². The van der Waals surface area contributed by atoms with E-state index in [0.29, 0.717) is 6.54 Å². The second kappa shape index (κ2) is 6.19. The van der Waals surface area contributed by atoms with E-state index in [9.17, 15) is 4.79 Å². The average molecular weight is 264 g/mol. The number of hydrogen-bond acceptors (Lipinski definition) is 3. The molecule has 0 spiro atoms. The largest absolute Gasteiger partial charge is 0.351 e. The standard InChI is InChI=1S/C14H24N4O/c1-3-5-14(6-4-7-15-11-14)13(19)16-8-12-9-17-18(2)10-12/h9-10,15H,3-8,11H2,1-2H3,(H,16,19). The summed E-state index contributed by atoms with van der Waals surface area (Å²) in [5.41, 5.74) is 0.834. The third kappa shape index (κ3) is 3.35. The normalized spacial score (nSPS) is 23.3. The molecule has 5 heteroatoms. The molecule has 0 aromatic carbocycles. The number of rotatable bonds is 5. The molecule has 1 saturated heterocycles. The molecule has 2 rings (SSSR count). The Morgan fingerprint density at radius 3 is 3.05 bits per heavy atom. The monoisotopic (exact) mass is 264 g/mol. The Bertz CT molecular complexity index is 415. The molecular weight excluding hydrogens is 240 g/mol. The number of amides is 1. The minimum atomic E-state index is -0.213. The summed E-state index contributed by atoms with van der Waals surface area (Å²) in [6.45, 7) is 4.55. The molecular formula is C14H24N4O. The van der Waals surface area contributed by atoms with Gasteiger partial charge in [0.05, 0.1) is 11.6 Å². The highest BCUT2D eigenvalue weighted by Crippen LogP contribution is 2.31. The van der Waals surface area contributed by atoms with E-state index in [1.165, 1.54) is 0 Å². The van der Waals surface area contributed by atoms with Crippen LogP contribution in [-0.4, -0.2) is 28.8 Å². The minimum absolute atomic E-state index is 0.186. The molecule has 0 bridgehead atoms. The van der Waals surface area contributed by atoms with Gasteiger partial charge in [-0.1, -0.05) is 13.3 Å². The molecule has 1 aliphatic rings. The molecule has 5 nitrogen and oxygen atoms in total. The molecule has 1 aromatic rings. The van der Waals surface area contributed by atoms with Gasteiger partial charge < -0.3 is 10.6 Å².